The number of hydrogen-bond acceptors (Lipinski definition) is 6. The van der Waals surface area contributed by atoms with Gasteiger partial charge in [0.1, 0.15) is 5.82 Å². The van der Waals surface area contributed by atoms with E-state index in [1.165, 1.54) is 23.3 Å². The highest BCUT2D eigenvalue weighted by Gasteiger charge is 2.31. The summed E-state index contributed by atoms with van der Waals surface area (Å²) in [6.45, 7) is 2.78. The number of anilines is 1. The van der Waals surface area contributed by atoms with Crippen molar-refractivity contribution in [2.75, 3.05) is 18.4 Å². The summed E-state index contributed by atoms with van der Waals surface area (Å²) in [7, 11) is 0. The zero-order chi connectivity index (χ0) is 22.0. The summed E-state index contributed by atoms with van der Waals surface area (Å²) in [6, 6.07) is 5.62. The van der Waals surface area contributed by atoms with E-state index < -0.39 is 11.7 Å². The van der Waals surface area contributed by atoms with Crippen molar-refractivity contribution in [1.29, 1.82) is 0 Å². The molecule has 8 nitrogen and oxygen atoms in total. The number of halogens is 3. The minimum atomic E-state index is -4.43. The third-order valence-electron chi connectivity index (χ3n) is 5.00. The molecular weight excluding hydrogens is 411 g/mol. The Bertz CT molecular complexity index is 1050. The molecule has 3 aromatic rings. The van der Waals surface area contributed by atoms with Crippen molar-refractivity contribution in [1.82, 2.24) is 29.9 Å². The molecule has 4 rings (SSSR count). The lowest BCUT2D eigenvalue weighted by molar-refractivity contribution is -0.137. The van der Waals surface area contributed by atoms with Gasteiger partial charge in [0.2, 0.25) is 0 Å². The van der Waals surface area contributed by atoms with Crippen LogP contribution in [0.2, 0.25) is 0 Å². The minimum absolute atomic E-state index is 0.133. The molecule has 0 aliphatic carbocycles. The Kier molecular flexibility index (Phi) is 5.57. The van der Waals surface area contributed by atoms with Crippen LogP contribution < -0.4 is 5.32 Å². The Morgan fingerprint density at radius 3 is 2.61 bits per heavy atom. The molecule has 4 heterocycles. The van der Waals surface area contributed by atoms with E-state index in [0.717, 1.165) is 30.8 Å². The van der Waals surface area contributed by atoms with Gasteiger partial charge < -0.3 is 10.2 Å². The number of piperidine rings is 1. The molecule has 162 valence electrons. The Labute approximate surface area is 176 Å². The quantitative estimate of drug-likeness (QED) is 0.683. The number of amides is 1. The van der Waals surface area contributed by atoms with E-state index in [9.17, 15) is 18.0 Å². The van der Waals surface area contributed by atoms with Crippen molar-refractivity contribution in [2.45, 2.75) is 32.0 Å². The number of nitrogens with zero attached hydrogens (tertiary/aromatic N) is 6. The number of alkyl halides is 3. The van der Waals surface area contributed by atoms with Gasteiger partial charge in [0.15, 0.2) is 5.82 Å². The normalized spacial score (nSPS) is 16.9. The Hall–Kier alpha value is -3.50. The minimum Gasteiger partial charge on any atom is -0.366 e. The van der Waals surface area contributed by atoms with Gasteiger partial charge in [-0.15, -0.1) is 4.80 Å². The van der Waals surface area contributed by atoms with Crippen LogP contribution in [0.15, 0.2) is 42.9 Å². The lowest BCUT2D eigenvalue weighted by atomic mass is 10.0. The van der Waals surface area contributed by atoms with E-state index >= 15 is 0 Å². The fraction of sp³-hybridized carbons (Fsp3) is 0.350. The lowest BCUT2D eigenvalue weighted by Gasteiger charge is -2.33. The van der Waals surface area contributed by atoms with E-state index in [0.29, 0.717) is 30.3 Å². The highest BCUT2D eigenvalue weighted by Crippen LogP contribution is 2.29. The van der Waals surface area contributed by atoms with Gasteiger partial charge in [0.05, 0.1) is 23.5 Å². The summed E-state index contributed by atoms with van der Waals surface area (Å²) in [5, 5.41) is 11.3. The van der Waals surface area contributed by atoms with Crippen molar-refractivity contribution >= 4 is 11.7 Å². The number of carbonyl (C=O) groups is 1. The van der Waals surface area contributed by atoms with Crippen molar-refractivity contribution < 1.29 is 18.0 Å². The lowest BCUT2D eigenvalue weighted by Crippen LogP contribution is -2.45. The Balaban J connectivity index is 1.49. The molecule has 1 aliphatic heterocycles. The van der Waals surface area contributed by atoms with Crippen LogP contribution in [0, 0.1) is 6.92 Å². The van der Waals surface area contributed by atoms with Gasteiger partial charge in [-0.3, -0.25) is 4.79 Å². The van der Waals surface area contributed by atoms with Crippen molar-refractivity contribution in [3.63, 3.8) is 0 Å². The summed E-state index contributed by atoms with van der Waals surface area (Å²) >= 11 is 0. The first-order valence-electron chi connectivity index (χ1n) is 9.74. The Morgan fingerprint density at radius 2 is 1.94 bits per heavy atom. The van der Waals surface area contributed by atoms with Gasteiger partial charge in [-0.25, -0.2) is 9.97 Å². The molecule has 1 atom stereocenters. The van der Waals surface area contributed by atoms with Crippen LogP contribution in [-0.2, 0) is 6.18 Å². The largest absolute Gasteiger partial charge is 0.417 e. The number of likely N-dealkylation sites (tertiary alicyclic amines) is 1. The van der Waals surface area contributed by atoms with E-state index in [1.807, 2.05) is 6.92 Å². The molecule has 11 heteroatoms. The van der Waals surface area contributed by atoms with Crippen molar-refractivity contribution in [3.8, 4) is 5.82 Å². The third kappa shape index (κ3) is 4.65. The van der Waals surface area contributed by atoms with E-state index in [4.69, 9.17) is 0 Å². The molecule has 0 saturated carbocycles. The van der Waals surface area contributed by atoms with Gasteiger partial charge in [0, 0.05) is 31.0 Å². The fourth-order valence-electron chi connectivity index (χ4n) is 3.49. The SMILES string of the molecule is Cc1ccc(C(=O)N2CCCC(Nc3ccc(C(F)(F)F)cn3)C2)c(-n2nccn2)n1. The van der Waals surface area contributed by atoms with Crippen LogP contribution in [-0.4, -0.2) is 54.9 Å². The average molecular weight is 431 g/mol. The molecule has 1 saturated heterocycles. The molecule has 3 aromatic heterocycles. The number of carbonyl (C=O) groups excluding carboxylic acids is 1. The number of aromatic nitrogens is 5. The zero-order valence-corrected chi connectivity index (χ0v) is 16.7. The molecule has 0 bridgehead atoms. The fourth-order valence-corrected chi connectivity index (χ4v) is 3.49. The summed E-state index contributed by atoms with van der Waals surface area (Å²) in [4.78, 5) is 24.5. The van der Waals surface area contributed by atoms with Crippen LogP contribution in [0.25, 0.3) is 5.82 Å². The van der Waals surface area contributed by atoms with E-state index in [-0.39, 0.29) is 11.9 Å². The number of hydrogen-bond donors (Lipinski definition) is 1. The van der Waals surface area contributed by atoms with E-state index in [1.54, 1.807) is 17.0 Å². The third-order valence-corrected chi connectivity index (χ3v) is 5.00. The molecule has 1 aliphatic rings. The van der Waals surface area contributed by atoms with E-state index in [2.05, 4.69) is 25.5 Å². The molecule has 0 spiro atoms. The van der Waals surface area contributed by atoms with Gasteiger partial charge in [0.25, 0.3) is 5.91 Å². The molecule has 1 amide bonds. The molecule has 1 unspecified atom stereocenters. The summed E-state index contributed by atoms with van der Waals surface area (Å²) in [5.74, 6) is 0.492. The average Bonchev–Trinajstić information content (AvgIpc) is 3.28. The first kappa shape index (κ1) is 20.8. The highest BCUT2D eigenvalue weighted by molar-refractivity contribution is 5.97. The molecule has 1 fully saturated rings. The molecular formula is C20H20F3N7O. The Morgan fingerprint density at radius 1 is 1.16 bits per heavy atom. The zero-order valence-electron chi connectivity index (χ0n) is 16.7. The van der Waals surface area contributed by atoms with Crippen LogP contribution in [0.5, 0.6) is 0 Å². The van der Waals surface area contributed by atoms with Gasteiger partial charge in [-0.1, -0.05) is 0 Å². The van der Waals surface area contributed by atoms with Crippen LogP contribution in [0.3, 0.4) is 0 Å². The van der Waals surface area contributed by atoms with Crippen molar-refractivity contribution in [2.24, 2.45) is 0 Å². The maximum absolute atomic E-state index is 13.2. The maximum atomic E-state index is 13.2. The van der Waals surface area contributed by atoms with Crippen LogP contribution >= 0.6 is 0 Å². The van der Waals surface area contributed by atoms with Crippen LogP contribution in [0.4, 0.5) is 19.0 Å². The summed E-state index contributed by atoms with van der Waals surface area (Å²) < 4.78 is 38.2. The molecule has 31 heavy (non-hydrogen) atoms. The van der Waals surface area contributed by atoms with Gasteiger partial charge in [-0.05, 0) is 44.0 Å². The first-order valence-corrected chi connectivity index (χ1v) is 9.74. The van der Waals surface area contributed by atoms with Crippen molar-refractivity contribution in [3.05, 3.63) is 59.7 Å². The summed E-state index contributed by atoms with van der Waals surface area (Å²) in [6.07, 6.45) is 0.912. The molecule has 1 N–H and O–H groups in total. The molecule has 0 radical (unpaired) electrons. The second kappa shape index (κ2) is 8.32. The first-order chi connectivity index (χ1) is 14.8. The number of aryl methyl sites for hydroxylation is 1. The van der Waals surface area contributed by atoms with Gasteiger partial charge in [-0.2, -0.15) is 23.4 Å². The topological polar surface area (TPSA) is 88.8 Å². The molecule has 0 aromatic carbocycles. The van der Waals surface area contributed by atoms with Gasteiger partial charge >= 0.3 is 6.18 Å². The second-order valence-corrected chi connectivity index (χ2v) is 7.31. The second-order valence-electron chi connectivity index (χ2n) is 7.31. The highest BCUT2D eigenvalue weighted by atomic mass is 19.4. The smallest absolute Gasteiger partial charge is 0.366 e. The maximum Gasteiger partial charge on any atom is 0.417 e. The standard InChI is InChI=1S/C20H20F3N7O/c1-13-4-6-16(18(27-13)30-25-8-9-26-30)19(31)29-10-2-3-15(12-29)28-17-7-5-14(11-24-17)20(21,22)23/h4-9,11,15H,2-3,10,12H2,1H3,(H,24,28). The summed E-state index contributed by atoms with van der Waals surface area (Å²) in [5.41, 5.74) is 0.315. The predicted molar refractivity (Wildman–Crippen MR) is 106 cm³/mol. The number of nitrogens with one attached hydrogen (secondary N) is 1. The number of pyridine rings is 2. The number of rotatable bonds is 4. The monoisotopic (exact) mass is 431 g/mol. The van der Waals surface area contributed by atoms with Crippen LogP contribution in [0.1, 0.15) is 34.5 Å². The predicted octanol–water partition coefficient (Wildman–Crippen LogP) is 3.10.